The van der Waals surface area contributed by atoms with Crippen molar-refractivity contribution in [2.24, 2.45) is 5.73 Å². The zero-order valence-electron chi connectivity index (χ0n) is 6.25. The van der Waals surface area contributed by atoms with Gasteiger partial charge in [0.15, 0.2) is 5.72 Å². The number of alkyl halides is 1. The molecule has 0 bridgehead atoms. The molecule has 11 heavy (non-hydrogen) atoms. The molecule has 0 radical (unpaired) electrons. The topological polar surface area (TPSA) is 52.3 Å². The standard InChI is InChI=1S/C7H12FNO2/c8-6-2-1-3-7(9,4-6)11-5-10/h5-6H,1-4,9H2. The number of rotatable bonds is 2. The summed E-state index contributed by atoms with van der Waals surface area (Å²) in [6.07, 6.45) is 0.985. The van der Waals surface area contributed by atoms with Crippen molar-refractivity contribution >= 4 is 6.47 Å². The molecule has 3 nitrogen and oxygen atoms in total. The van der Waals surface area contributed by atoms with Crippen molar-refractivity contribution in [3.63, 3.8) is 0 Å². The van der Waals surface area contributed by atoms with E-state index in [0.29, 0.717) is 19.3 Å². The van der Waals surface area contributed by atoms with E-state index in [2.05, 4.69) is 4.74 Å². The Morgan fingerprint density at radius 3 is 3.00 bits per heavy atom. The van der Waals surface area contributed by atoms with Crippen LogP contribution in [0, 0.1) is 0 Å². The third kappa shape index (κ3) is 2.15. The number of carbonyl (C=O) groups excluding carboxylic acids is 1. The molecule has 1 saturated carbocycles. The lowest BCUT2D eigenvalue weighted by atomic mass is 9.91. The number of hydrogen-bond acceptors (Lipinski definition) is 3. The zero-order chi connectivity index (χ0) is 8.32. The number of ether oxygens (including phenoxy) is 1. The molecule has 0 spiro atoms. The zero-order valence-corrected chi connectivity index (χ0v) is 6.25. The van der Waals surface area contributed by atoms with Gasteiger partial charge in [-0.2, -0.15) is 0 Å². The van der Waals surface area contributed by atoms with Crippen LogP contribution in [0.3, 0.4) is 0 Å². The van der Waals surface area contributed by atoms with Gasteiger partial charge in [0.25, 0.3) is 6.47 Å². The molecular formula is C7H12FNO2. The van der Waals surface area contributed by atoms with Crippen molar-refractivity contribution < 1.29 is 13.9 Å². The molecule has 1 fully saturated rings. The van der Waals surface area contributed by atoms with Gasteiger partial charge < -0.3 is 4.74 Å². The second-order valence-corrected chi connectivity index (χ2v) is 2.97. The summed E-state index contributed by atoms with van der Waals surface area (Å²) in [6.45, 7) is 0.290. The van der Waals surface area contributed by atoms with Gasteiger partial charge in [-0.25, -0.2) is 4.39 Å². The number of halogens is 1. The lowest BCUT2D eigenvalue weighted by molar-refractivity contribution is -0.148. The number of carbonyl (C=O) groups is 1. The van der Waals surface area contributed by atoms with Crippen molar-refractivity contribution in [3.05, 3.63) is 0 Å². The predicted octanol–water partition coefficient (Wildman–Crippen LogP) is 0.726. The Morgan fingerprint density at radius 2 is 2.45 bits per heavy atom. The third-order valence-electron chi connectivity index (χ3n) is 1.97. The SMILES string of the molecule is NC1(OC=O)CCCC(F)C1. The fourth-order valence-corrected chi connectivity index (χ4v) is 1.40. The van der Waals surface area contributed by atoms with E-state index in [1.165, 1.54) is 0 Å². The van der Waals surface area contributed by atoms with Gasteiger partial charge in [-0.3, -0.25) is 10.5 Å². The van der Waals surface area contributed by atoms with Crippen LogP contribution in [0.5, 0.6) is 0 Å². The van der Waals surface area contributed by atoms with Crippen LogP contribution >= 0.6 is 0 Å². The number of hydrogen-bond donors (Lipinski definition) is 1. The molecule has 2 unspecified atom stereocenters. The Morgan fingerprint density at radius 1 is 1.73 bits per heavy atom. The lowest BCUT2D eigenvalue weighted by Crippen LogP contribution is -2.47. The van der Waals surface area contributed by atoms with E-state index < -0.39 is 11.9 Å². The van der Waals surface area contributed by atoms with E-state index in [-0.39, 0.29) is 12.9 Å². The first-order valence-corrected chi connectivity index (χ1v) is 3.71. The molecule has 2 N–H and O–H groups in total. The van der Waals surface area contributed by atoms with Crippen molar-refractivity contribution in [2.75, 3.05) is 0 Å². The molecule has 0 heterocycles. The van der Waals surface area contributed by atoms with Crippen LogP contribution in [-0.2, 0) is 9.53 Å². The summed E-state index contributed by atoms with van der Waals surface area (Å²) < 4.78 is 17.3. The van der Waals surface area contributed by atoms with Crippen LogP contribution in [0.2, 0.25) is 0 Å². The maximum absolute atomic E-state index is 12.7. The van der Waals surface area contributed by atoms with Gasteiger partial charge in [-0.1, -0.05) is 0 Å². The molecule has 0 aromatic carbocycles. The molecule has 0 aromatic rings. The molecule has 0 aromatic heterocycles. The Labute approximate surface area is 64.7 Å². The monoisotopic (exact) mass is 161 g/mol. The Kier molecular flexibility index (Phi) is 2.44. The van der Waals surface area contributed by atoms with E-state index in [0.717, 1.165) is 0 Å². The van der Waals surface area contributed by atoms with Gasteiger partial charge in [0, 0.05) is 12.8 Å². The first-order chi connectivity index (χ1) is 5.16. The van der Waals surface area contributed by atoms with Crippen LogP contribution in [-0.4, -0.2) is 18.4 Å². The van der Waals surface area contributed by atoms with Crippen molar-refractivity contribution in [2.45, 2.75) is 37.6 Å². The minimum Gasteiger partial charge on any atom is -0.446 e. The molecule has 4 heteroatoms. The van der Waals surface area contributed by atoms with Crippen LogP contribution < -0.4 is 5.73 Å². The van der Waals surface area contributed by atoms with Gasteiger partial charge in [-0.15, -0.1) is 0 Å². The Bertz CT molecular complexity index is 153. The largest absolute Gasteiger partial charge is 0.446 e. The smallest absolute Gasteiger partial charge is 0.294 e. The third-order valence-corrected chi connectivity index (χ3v) is 1.97. The maximum atomic E-state index is 12.7. The second kappa shape index (κ2) is 3.17. The Hall–Kier alpha value is -0.640. The second-order valence-electron chi connectivity index (χ2n) is 2.97. The number of nitrogens with two attached hydrogens (primary N) is 1. The minimum atomic E-state index is -1.04. The highest BCUT2D eigenvalue weighted by molar-refractivity contribution is 5.38. The molecule has 2 atom stereocenters. The first kappa shape index (κ1) is 8.46. The highest BCUT2D eigenvalue weighted by atomic mass is 19.1. The normalized spacial score (nSPS) is 38.2. The van der Waals surface area contributed by atoms with E-state index >= 15 is 0 Å². The van der Waals surface area contributed by atoms with Crippen molar-refractivity contribution in [1.29, 1.82) is 0 Å². The van der Waals surface area contributed by atoms with E-state index in [1.807, 2.05) is 0 Å². The van der Waals surface area contributed by atoms with Crippen LogP contribution in [0.1, 0.15) is 25.7 Å². The predicted molar refractivity (Wildman–Crippen MR) is 37.4 cm³/mol. The summed E-state index contributed by atoms with van der Waals surface area (Å²) >= 11 is 0. The summed E-state index contributed by atoms with van der Waals surface area (Å²) in [5, 5.41) is 0. The van der Waals surface area contributed by atoms with Crippen LogP contribution in [0.15, 0.2) is 0 Å². The molecule has 1 aliphatic carbocycles. The van der Waals surface area contributed by atoms with Crippen LogP contribution in [0.4, 0.5) is 4.39 Å². The molecule has 64 valence electrons. The molecule has 0 saturated heterocycles. The quantitative estimate of drug-likeness (QED) is 0.479. The van der Waals surface area contributed by atoms with E-state index in [1.54, 1.807) is 0 Å². The average molecular weight is 161 g/mol. The van der Waals surface area contributed by atoms with E-state index in [9.17, 15) is 9.18 Å². The fourth-order valence-electron chi connectivity index (χ4n) is 1.40. The summed E-state index contributed by atoms with van der Waals surface area (Å²) in [7, 11) is 0. The van der Waals surface area contributed by atoms with Crippen molar-refractivity contribution in [3.8, 4) is 0 Å². The van der Waals surface area contributed by atoms with Gasteiger partial charge in [0.1, 0.15) is 6.17 Å². The molecule has 0 amide bonds. The van der Waals surface area contributed by atoms with Crippen LogP contribution in [0.25, 0.3) is 0 Å². The highest BCUT2D eigenvalue weighted by Crippen LogP contribution is 2.28. The first-order valence-electron chi connectivity index (χ1n) is 3.71. The summed E-state index contributed by atoms with van der Waals surface area (Å²) in [5.74, 6) is 0. The molecule has 1 aliphatic rings. The minimum absolute atomic E-state index is 0.131. The molecule has 1 rings (SSSR count). The highest BCUT2D eigenvalue weighted by Gasteiger charge is 2.34. The van der Waals surface area contributed by atoms with Gasteiger partial charge in [0.05, 0.1) is 0 Å². The average Bonchev–Trinajstić information content (AvgIpc) is 1.86. The Balaban J connectivity index is 2.47. The van der Waals surface area contributed by atoms with Gasteiger partial charge in [0.2, 0.25) is 0 Å². The molecular weight excluding hydrogens is 149 g/mol. The maximum Gasteiger partial charge on any atom is 0.294 e. The summed E-state index contributed by atoms with van der Waals surface area (Å²) in [5.41, 5.74) is 4.52. The fraction of sp³-hybridized carbons (Fsp3) is 0.857. The van der Waals surface area contributed by atoms with Gasteiger partial charge in [-0.05, 0) is 12.8 Å². The summed E-state index contributed by atoms with van der Waals surface area (Å²) in [4.78, 5) is 9.96. The van der Waals surface area contributed by atoms with Crippen molar-refractivity contribution in [1.82, 2.24) is 0 Å². The van der Waals surface area contributed by atoms with Gasteiger partial charge >= 0.3 is 0 Å². The van der Waals surface area contributed by atoms with E-state index in [4.69, 9.17) is 5.73 Å². The summed E-state index contributed by atoms with van der Waals surface area (Å²) in [6, 6.07) is 0. The lowest BCUT2D eigenvalue weighted by Gasteiger charge is -2.32. The molecule has 0 aliphatic heterocycles.